The SMILES string of the molecule is C[C@H](NC(=O)OCc1ccccc1)C(=O)NC(CCCCc1ccccc1)C(=O)CF. The second kappa shape index (κ2) is 13.2. The number of Topliss-reactive ketones (excluding diaryl/α,β-unsaturated/α-hetero) is 1. The number of benzene rings is 2. The van der Waals surface area contributed by atoms with Crippen LogP contribution in [0.15, 0.2) is 60.7 Å². The van der Waals surface area contributed by atoms with Gasteiger partial charge in [-0.2, -0.15) is 0 Å². The molecule has 2 amide bonds. The summed E-state index contributed by atoms with van der Waals surface area (Å²) in [5.74, 6) is -1.24. The second-order valence-electron chi connectivity index (χ2n) is 7.32. The molecule has 31 heavy (non-hydrogen) atoms. The molecule has 0 aliphatic rings. The van der Waals surface area contributed by atoms with Gasteiger partial charge in [0, 0.05) is 0 Å². The zero-order chi connectivity index (χ0) is 22.5. The molecule has 7 heteroatoms. The van der Waals surface area contributed by atoms with E-state index in [2.05, 4.69) is 10.6 Å². The van der Waals surface area contributed by atoms with Crippen LogP contribution in [0.3, 0.4) is 0 Å². The molecule has 0 heterocycles. The van der Waals surface area contributed by atoms with Crippen molar-refractivity contribution in [3.05, 3.63) is 71.8 Å². The standard InChI is InChI=1S/C24H29FN2O4/c1-18(26-24(30)31-17-20-13-6-3-7-14-20)23(29)27-21(22(28)16-25)15-9-8-12-19-10-4-2-5-11-19/h2-7,10-11,13-14,18,21H,8-9,12,15-17H2,1H3,(H,26,30)(H,27,29)/t18-,21?/m0/s1. The van der Waals surface area contributed by atoms with Crippen LogP contribution in [0.1, 0.15) is 37.3 Å². The van der Waals surface area contributed by atoms with Crippen LogP contribution in [-0.2, 0) is 27.4 Å². The first-order valence-corrected chi connectivity index (χ1v) is 10.4. The van der Waals surface area contributed by atoms with E-state index in [0.717, 1.165) is 18.4 Å². The van der Waals surface area contributed by atoms with Crippen molar-refractivity contribution in [2.45, 2.75) is 51.3 Å². The number of aryl methyl sites for hydroxylation is 1. The van der Waals surface area contributed by atoms with Gasteiger partial charge in [-0.25, -0.2) is 9.18 Å². The highest BCUT2D eigenvalue weighted by Crippen LogP contribution is 2.09. The molecule has 2 aromatic carbocycles. The van der Waals surface area contributed by atoms with Gasteiger partial charge in [0.15, 0.2) is 5.78 Å². The summed E-state index contributed by atoms with van der Waals surface area (Å²) >= 11 is 0. The number of hydrogen-bond acceptors (Lipinski definition) is 4. The van der Waals surface area contributed by atoms with Crippen LogP contribution in [0.25, 0.3) is 0 Å². The fourth-order valence-corrected chi connectivity index (χ4v) is 3.03. The van der Waals surface area contributed by atoms with E-state index in [1.54, 1.807) is 0 Å². The molecule has 0 saturated carbocycles. The van der Waals surface area contributed by atoms with E-state index in [4.69, 9.17) is 4.74 Å². The van der Waals surface area contributed by atoms with Crippen molar-refractivity contribution < 1.29 is 23.5 Å². The number of rotatable bonds is 12. The summed E-state index contributed by atoms with van der Waals surface area (Å²) in [6, 6.07) is 17.2. The molecule has 2 rings (SSSR count). The summed E-state index contributed by atoms with van der Waals surface area (Å²) in [4.78, 5) is 36.2. The number of alkyl halides is 1. The van der Waals surface area contributed by atoms with Crippen molar-refractivity contribution in [3.8, 4) is 0 Å². The highest BCUT2D eigenvalue weighted by molar-refractivity contribution is 5.92. The average Bonchev–Trinajstić information content (AvgIpc) is 2.80. The number of ether oxygens (including phenoxy) is 1. The Hall–Kier alpha value is -3.22. The number of hydrogen-bond donors (Lipinski definition) is 2. The molecule has 0 saturated heterocycles. The van der Waals surface area contributed by atoms with Gasteiger partial charge >= 0.3 is 6.09 Å². The average molecular weight is 429 g/mol. The minimum absolute atomic E-state index is 0.0748. The minimum atomic E-state index is -1.15. The number of unbranched alkanes of at least 4 members (excludes halogenated alkanes) is 1. The number of halogens is 1. The largest absolute Gasteiger partial charge is 0.445 e. The number of nitrogens with one attached hydrogen (secondary N) is 2. The molecule has 0 fully saturated rings. The Labute approximate surface area is 182 Å². The van der Waals surface area contributed by atoms with Crippen molar-refractivity contribution in [1.29, 1.82) is 0 Å². The molecule has 2 aromatic rings. The first-order chi connectivity index (χ1) is 15.0. The molecule has 0 bridgehead atoms. The fourth-order valence-electron chi connectivity index (χ4n) is 3.03. The van der Waals surface area contributed by atoms with Crippen molar-refractivity contribution >= 4 is 17.8 Å². The zero-order valence-corrected chi connectivity index (χ0v) is 17.7. The van der Waals surface area contributed by atoms with E-state index in [1.165, 1.54) is 12.5 Å². The highest BCUT2D eigenvalue weighted by Gasteiger charge is 2.24. The minimum Gasteiger partial charge on any atom is -0.445 e. The van der Waals surface area contributed by atoms with Crippen LogP contribution in [0.2, 0.25) is 0 Å². The van der Waals surface area contributed by atoms with Crippen LogP contribution >= 0.6 is 0 Å². The summed E-state index contributed by atoms with van der Waals surface area (Å²) in [5.41, 5.74) is 2.01. The van der Waals surface area contributed by atoms with Gasteiger partial charge in [-0.3, -0.25) is 9.59 Å². The van der Waals surface area contributed by atoms with Crippen LogP contribution in [0.5, 0.6) is 0 Å². The Balaban J connectivity index is 1.76. The van der Waals surface area contributed by atoms with E-state index >= 15 is 0 Å². The van der Waals surface area contributed by atoms with Gasteiger partial charge < -0.3 is 15.4 Å². The van der Waals surface area contributed by atoms with E-state index < -0.39 is 36.5 Å². The van der Waals surface area contributed by atoms with E-state index in [-0.39, 0.29) is 6.61 Å². The summed E-state index contributed by atoms with van der Waals surface area (Å²) in [7, 11) is 0. The van der Waals surface area contributed by atoms with Gasteiger partial charge in [0.05, 0.1) is 6.04 Å². The molecule has 1 unspecified atom stereocenters. The maximum Gasteiger partial charge on any atom is 0.408 e. The molecule has 0 radical (unpaired) electrons. The number of alkyl carbamates (subject to hydrolysis) is 1. The molecule has 166 valence electrons. The van der Waals surface area contributed by atoms with Gasteiger partial charge in [-0.15, -0.1) is 0 Å². The molecular weight excluding hydrogens is 399 g/mol. The Morgan fingerprint density at radius 3 is 2.13 bits per heavy atom. The molecule has 0 aromatic heterocycles. The van der Waals surface area contributed by atoms with Crippen LogP contribution in [0.4, 0.5) is 9.18 Å². The predicted molar refractivity (Wildman–Crippen MR) is 116 cm³/mol. The zero-order valence-electron chi connectivity index (χ0n) is 17.7. The fraction of sp³-hybridized carbons (Fsp3) is 0.375. The van der Waals surface area contributed by atoms with Crippen LogP contribution in [-0.4, -0.2) is 36.5 Å². The topological polar surface area (TPSA) is 84.5 Å². The third-order valence-electron chi connectivity index (χ3n) is 4.83. The lowest BCUT2D eigenvalue weighted by Gasteiger charge is -2.20. The summed E-state index contributed by atoms with van der Waals surface area (Å²) in [6.07, 6.45) is 1.91. The maximum absolute atomic E-state index is 12.9. The monoisotopic (exact) mass is 428 g/mol. The van der Waals surface area contributed by atoms with E-state index in [0.29, 0.717) is 12.8 Å². The van der Waals surface area contributed by atoms with Gasteiger partial charge in [-0.1, -0.05) is 67.1 Å². The van der Waals surface area contributed by atoms with E-state index in [1.807, 2.05) is 60.7 Å². The van der Waals surface area contributed by atoms with Gasteiger partial charge in [0.25, 0.3) is 0 Å². The lowest BCUT2D eigenvalue weighted by Crippen LogP contribution is -2.50. The van der Waals surface area contributed by atoms with Gasteiger partial charge in [0.2, 0.25) is 5.91 Å². The van der Waals surface area contributed by atoms with Crippen molar-refractivity contribution in [2.24, 2.45) is 0 Å². The Bertz CT molecular complexity index is 830. The number of amides is 2. The van der Waals surface area contributed by atoms with Crippen molar-refractivity contribution in [3.63, 3.8) is 0 Å². The first kappa shape index (κ1) is 24.1. The first-order valence-electron chi connectivity index (χ1n) is 10.4. The Morgan fingerprint density at radius 2 is 1.52 bits per heavy atom. The summed E-state index contributed by atoms with van der Waals surface area (Å²) in [6.45, 7) is 0.404. The second-order valence-corrected chi connectivity index (χ2v) is 7.32. The summed E-state index contributed by atoms with van der Waals surface area (Å²) in [5, 5.41) is 4.97. The number of carbonyl (C=O) groups is 3. The number of carbonyl (C=O) groups excluding carboxylic acids is 3. The van der Waals surface area contributed by atoms with Crippen molar-refractivity contribution in [2.75, 3.05) is 6.67 Å². The highest BCUT2D eigenvalue weighted by atomic mass is 19.1. The van der Waals surface area contributed by atoms with Crippen LogP contribution < -0.4 is 10.6 Å². The molecule has 0 aliphatic carbocycles. The lowest BCUT2D eigenvalue weighted by molar-refractivity contribution is -0.129. The van der Waals surface area contributed by atoms with E-state index in [9.17, 15) is 18.8 Å². The molecular formula is C24H29FN2O4. The summed E-state index contributed by atoms with van der Waals surface area (Å²) < 4.78 is 18.0. The van der Waals surface area contributed by atoms with Gasteiger partial charge in [-0.05, 0) is 37.3 Å². The number of ketones is 1. The quantitative estimate of drug-likeness (QED) is 0.505. The smallest absolute Gasteiger partial charge is 0.408 e. The molecule has 2 atom stereocenters. The molecule has 0 aliphatic heterocycles. The molecule has 0 spiro atoms. The third kappa shape index (κ3) is 8.99. The van der Waals surface area contributed by atoms with Crippen LogP contribution in [0, 0.1) is 0 Å². The molecule has 6 nitrogen and oxygen atoms in total. The van der Waals surface area contributed by atoms with Gasteiger partial charge in [0.1, 0.15) is 19.3 Å². The van der Waals surface area contributed by atoms with Crippen molar-refractivity contribution in [1.82, 2.24) is 10.6 Å². The molecule has 2 N–H and O–H groups in total. The maximum atomic E-state index is 12.9. The normalized spacial score (nSPS) is 12.5. The Kier molecular flexibility index (Phi) is 10.2. The predicted octanol–water partition coefficient (Wildman–Crippen LogP) is 3.74. The third-order valence-corrected chi connectivity index (χ3v) is 4.83. The lowest BCUT2D eigenvalue weighted by atomic mass is 10.0. The Morgan fingerprint density at radius 1 is 0.903 bits per heavy atom.